The van der Waals surface area contributed by atoms with Crippen molar-refractivity contribution in [1.82, 2.24) is 4.98 Å². The lowest BCUT2D eigenvalue weighted by atomic mass is 9.69. The second kappa shape index (κ2) is 6.32. The Morgan fingerprint density at radius 2 is 1.87 bits per heavy atom. The van der Waals surface area contributed by atoms with Gasteiger partial charge in [0, 0.05) is 29.7 Å². The molecule has 2 aliphatic heterocycles. The van der Waals surface area contributed by atoms with Gasteiger partial charge in [-0.05, 0) is 60.3 Å². The first-order valence-electron chi connectivity index (χ1n) is 11.3. The normalized spacial score (nSPS) is 20.6. The van der Waals surface area contributed by atoms with E-state index in [1.165, 1.54) is 21.7 Å². The Morgan fingerprint density at radius 3 is 2.65 bits per heavy atom. The van der Waals surface area contributed by atoms with Gasteiger partial charge in [-0.1, -0.05) is 33.8 Å². The first-order chi connectivity index (χ1) is 14.7. The Morgan fingerprint density at radius 1 is 1.10 bits per heavy atom. The molecule has 1 aliphatic carbocycles. The maximum absolute atomic E-state index is 13.2. The molecule has 0 saturated carbocycles. The Kier molecular flexibility index (Phi) is 3.93. The molecule has 0 saturated heterocycles. The molecule has 5 heteroatoms. The molecule has 0 fully saturated rings. The second-order valence-corrected chi connectivity index (χ2v) is 11.6. The molecule has 2 aromatic heterocycles. The van der Waals surface area contributed by atoms with Crippen molar-refractivity contribution in [1.29, 1.82) is 0 Å². The number of nitrogens with zero attached hydrogens (tertiary/aromatic N) is 2. The van der Waals surface area contributed by atoms with Crippen molar-refractivity contribution in [3.05, 3.63) is 50.3 Å². The van der Waals surface area contributed by atoms with E-state index in [1.54, 1.807) is 11.3 Å². The van der Waals surface area contributed by atoms with Crippen LogP contribution in [-0.4, -0.2) is 18.1 Å². The lowest BCUT2D eigenvalue weighted by Crippen LogP contribution is -2.44. The van der Waals surface area contributed by atoms with Crippen LogP contribution in [0.4, 0.5) is 5.69 Å². The molecule has 4 heterocycles. The minimum atomic E-state index is -0.276. The summed E-state index contributed by atoms with van der Waals surface area (Å²) in [6.45, 7) is 11.4. The summed E-state index contributed by atoms with van der Waals surface area (Å²) in [7, 11) is 0. The van der Waals surface area contributed by atoms with E-state index in [0.29, 0.717) is 5.56 Å². The van der Waals surface area contributed by atoms with Gasteiger partial charge in [0.25, 0.3) is 0 Å². The fourth-order valence-corrected chi connectivity index (χ4v) is 6.55. The zero-order valence-corrected chi connectivity index (χ0v) is 19.5. The molecule has 31 heavy (non-hydrogen) atoms. The molecule has 0 radical (unpaired) electrons. The maximum Gasteiger partial charge on any atom is 0.346 e. The van der Waals surface area contributed by atoms with E-state index in [0.717, 1.165) is 60.4 Å². The van der Waals surface area contributed by atoms with E-state index < -0.39 is 0 Å². The van der Waals surface area contributed by atoms with Crippen molar-refractivity contribution >= 4 is 34.1 Å². The van der Waals surface area contributed by atoms with E-state index in [9.17, 15) is 4.79 Å². The largest absolute Gasteiger partial charge is 0.422 e. The highest BCUT2D eigenvalue weighted by Crippen LogP contribution is 2.51. The van der Waals surface area contributed by atoms with Crippen LogP contribution < -0.4 is 10.5 Å². The van der Waals surface area contributed by atoms with E-state index >= 15 is 0 Å². The zero-order valence-electron chi connectivity index (χ0n) is 18.7. The highest BCUT2D eigenvalue weighted by Gasteiger charge is 2.42. The molecular formula is C26H28N2O2S. The third-order valence-corrected chi connectivity index (χ3v) is 8.60. The van der Waals surface area contributed by atoms with Gasteiger partial charge in [-0.25, -0.2) is 9.78 Å². The number of hydrogen-bond donors (Lipinski definition) is 0. The Bertz CT molecular complexity index is 1320. The van der Waals surface area contributed by atoms with Crippen molar-refractivity contribution < 1.29 is 4.42 Å². The highest BCUT2D eigenvalue weighted by atomic mass is 32.1. The van der Waals surface area contributed by atoms with Crippen molar-refractivity contribution in [3.63, 3.8) is 0 Å². The van der Waals surface area contributed by atoms with Crippen molar-refractivity contribution in [2.75, 3.05) is 18.0 Å². The fraction of sp³-hybridized carbons (Fsp3) is 0.462. The first-order valence-corrected chi connectivity index (χ1v) is 12.1. The van der Waals surface area contributed by atoms with Crippen LogP contribution in [0.3, 0.4) is 0 Å². The van der Waals surface area contributed by atoms with E-state index in [2.05, 4.69) is 50.8 Å². The smallest absolute Gasteiger partial charge is 0.346 e. The molecule has 0 amide bonds. The number of allylic oxidation sites excluding steroid dienone is 1. The summed E-state index contributed by atoms with van der Waals surface area (Å²) in [4.78, 5) is 21.7. The van der Waals surface area contributed by atoms with Crippen LogP contribution in [0.1, 0.15) is 68.7 Å². The summed E-state index contributed by atoms with van der Waals surface area (Å²) < 4.78 is 6.12. The van der Waals surface area contributed by atoms with Crippen LogP contribution in [-0.2, 0) is 17.3 Å². The standard InChI is InChI=1S/C26H28N2O2S/c1-25(2)9-11-28-12-10-26(3,4)20-21(28)17(25)14-15-13-16(24(29)30-22(15)20)23-27-18-7-5-6-8-19(18)31-23/h6,8,13-14H,5,7,9-12H2,1-4H3. The number of aryl methyl sites for hydroxylation is 1. The fourth-order valence-electron chi connectivity index (χ4n) is 5.50. The van der Waals surface area contributed by atoms with E-state index in [-0.39, 0.29) is 16.5 Å². The van der Waals surface area contributed by atoms with Gasteiger partial charge in [0.05, 0.1) is 16.1 Å². The Balaban J connectivity index is 1.65. The number of hydrogen-bond acceptors (Lipinski definition) is 5. The SMILES string of the molecule is CC1(C)CCN2CCC(C)(C)c3c2c1cc1cc(-c2nc4c(s2)C=CCC4)c(=O)oc31. The lowest BCUT2D eigenvalue weighted by molar-refractivity contribution is 0.398. The molecule has 0 unspecified atom stereocenters. The number of rotatable bonds is 1. The molecule has 0 bridgehead atoms. The van der Waals surface area contributed by atoms with Crippen LogP contribution in [0.2, 0.25) is 0 Å². The number of aromatic nitrogens is 1. The van der Waals surface area contributed by atoms with Crippen LogP contribution in [0.15, 0.2) is 27.4 Å². The minimum absolute atomic E-state index is 0.0317. The monoisotopic (exact) mass is 432 g/mol. The first kappa shape index (κ1) is 19.3. The summed E-state index contributed by atoms with van der Waals surface area (Å²) >= 11 is 1.59. The quantitative estimate of drug-likeness (QED) is 0.440. The third-order valence-electron chi connectivity index (χ3n) is 7.51. The third kappa shape index (κ3) is 2.78. The average molecular weight is 433 g/mol. The molecular weight excluding hydrogens is 404 g/mol. The van der Waals surface area contributed by atoms with Gasteiger partial charge in [-0.15, -0.1) is 11.3 Å². The molecule has 1 aromatic carbocycles. The predicted octanol–water partition coefficient (Wildman–Crippen LogP) is 6.04. The van der Waals surface area contributed by atoms with Gasteiger partial charge < -0.3 is 9.32 Å². The van der Waals surface area contributed by atoms with Gasteiger partial charge in [0.2, 0.25) is 0 Å². The van der Waals surface area contributed by atoms with Crippen molar-refractivity contribution in [2.45, 2.75) is 64.2 Å². The van der Waals surface area contributed by atoms with Crippen molar-refractivity contribution in [2.24, 2.45) is 0 Å². The topological polar surface area (TPSA) is 46.3 Å². The average Bonchev–Trinajstić information content (AvgIpc) is 3.15. The number of anilines is 1. The molecule has 4 nitrogen and oxygen atoms in total. The number of thiazole rings is 1. The number of fused-ring (bicyclic) bond motifs is 3. The maximum atomic E-state index is 13.2. The molecule has 0 atom stereocenters. The Hall–Kier alpha value is -2.40. The zero-order chi connectivity index (χ0) is 21.5. The van der Waals surface area contributed by atoms with Gasteiger partial charge in [-0.3, -0.25) is 0 Å². The van der Waals surface area contributed by atoms with Gasteiger partial charge in [0.15, 0.2) is 0 Å². The molecule has 160 valence electrons. The second-order valence-electron chi connectivity index (χ2n) is 10.5. The molecule has 3 aliphatic rings. The molecule has 6 rings (SSSR count). The lowest BCUT2D eigenvalue weighted by Gasteiger charge is -2.48. The summed E-state index contributed by atoms with van der Waals surface area (Å²) in [6.07, 6.45) is 8.47. The van der Waals surface area contributed by atoms with Gasteiger partial charge in [-0.2, -0.15) is 0 Å². The summed E-state index contributed by atoms with van der Waals surface area (Å²) in [5.41, 5.74) is 6.15. The van der Waals surface area contributed by atoms with Crippen LogP contribution in [0.25, 0.3) is 27.6 Å². The molecule has 0 N–H and O–H groups in total. The Labute approximate surface area is 186 Å². The predicted molar refractivity (Wildman–Crippen MR) is 128 cm³/mol. The van der Waals surface area contributed by atoms with E-state index in [1.807, 2.05) is 6.07 Å². The van der Waals surface area contributed by atoms with Crippen LogP contribution >= 0.6 is 11.3 Å². The van der Waals surface area contributed by atoms with Crippen molar-refractivity contribution in [3.8, 4) is 10.6 Å². The van der Waals surface area contributed by atoms with Gasteiger partial charge in [0.1, 0.15) is 10.6 Å². The number of benzene rings is 1. The molecule has 3 aromatic rings. The van der Waals surface area contributed by atoms with Crippen LogP contribution in [0, 0.1) is 0 Å². The van der Waals surface area contributed by atoms with Gasteiger partial charge >= 0.3 is 5.63 Å². The highest BCUT2D eigenvalue weighted by molar-refractivity contribution is 7.16. The summed E-state index contributed by atoms with van der Waals surface area (Å²) in [5, 5.41) is 1.80. The van der Waals surface area contributed by atoms with Crippen LogP contribution in [0.5, 0.6) is 0 Å². The summed E-state index contributed by atoms with van der Waals surface area (Å²) in [6, 6.07) is 4.31. The summed E-state index contributed by atoms with van der Waals surface area (Å²) in [5.74, 6) is 0. The minimum Gasteiger partial charge on any atom is -0.422 e. The van der Waals surface area contributed by atoms with E-state index in [4.69, 9.17) is 9.40 Å². The molecule has 0 spiro atoms.